The minimum absolute atomic E-state index is 0.469. The van der Waals surface area contributed by atoms with Crippen molar-refractivity contribution in [1.82, 2.24) is 9.97 Å². The van der Waals surface area contributed by atoms with Crippen LogP contribution >= 0.6 is 11.8 Å². The van der Waals surface area contributed by atoms with Crippen LogP contribution in [0, 0.1) is 0 Å². The molecule has 0 unspecified atom stereocenters. The van der Waals surface area contributed by atoms with Crippen LogP contribution in [0.25, 0.3) is 0 Å². The lowest BCUT2D eigenvalue weighted by Crippen LogP contribution is -1.99. The van der Waals surface area contributed by atoms with Gasteiger partial charge in [0.05, 0.1) is 6.20 Å². The molecule has 14 heavy (non-hydrogen) atoms. The zero-order valence-corrected chi connectivity index (χ0v) is 8.20. The number of nitrogens with zero attached hydrogens (tertiary/aromatic N) is 2. The van der Waals surface area contributed by atoms with Crippen LogP contribution in [0.5, 0.6) is 0 Å². The number of rotatable bonds is 3. The van der Waals surface area contributed by atoms with Crippen LogP contribution in [0.1, 0.15) is 5.56 Å². The number of hydrogen-bond acceptors (Lipinski definition) is 5. The number of hydrogen-bond donors (Lipinski definition) is 1. The molecule has 0 fully saturated rings. The molecule has 0 aliphatic rings. The van der Waals surface area contributed by atoms with Gasteiger partial charge < -0.3 is 10.2 Å². The summed E-state index contributed by atoms with van der Waals surface area (Å²) in [4.78, 5) is 8.21. The summed E-state index contributed by atoms with van der Waals surface area (Å²) < 4.78 is 5.11. The number of aromatic nitrogens is 2. The average molecular weight is 207 g/mol. The molecular weight excluding hydrogens is 198 g/mol. The van der Waals surface area contributed by atoms with Gasteiger partial charge in [0.25, 0.3) is 5.22 Å². The van der Waals surface area contributed by atoms with Crippen LogP contribution in [0.15, 0.2) is 45.5 Å². The summed E-state index contributed by atoms with van der Waals surface area (Å²) >= 11 is 1.38. The predicted molar refractivity (Wildman–Crippen MR) is 52.8 cm³/mol. The summed E-state index contributed by atoms with van der Waals surface area (Å²) in [7, 11) is 0. The monoisotopic (exact) mass is 207 g/mol. The minimum atomic E-state index is 0.469. The average Bonchev–Trinajstić information content (AvgIpc) is 2.71. The van der Waals surface area contributed by atoms with Gasteiger partial charge in [0, 0.05) is 12.7 Å². The SMILES string of the molecule is NCc1cccnc1Sc1ncco1. The van der Waals surface area contributed by atoms with Crippen LogP contribution < -0.4 is 5.73 Å². The smallest absolute Gasteiger partial charge is 0.261 e. The Labute approximate surface area is 85.6 Å². The van der Waals surface area contributed by atoms with Gasteiger partial charge >= 0.3 is 0 Å². The lowest BCUT2D eigenvalue weighted by Gasteiger charge is -2.01. The third kappa shape index (κ3) is 1.94. The minimum Gasteiger partial charge on any atom is -0.440 e. The van der Waals surface area contributed by atoms with E-state index in [2.05, 4.69) is 9.97 Å². The second-order valence-corrected chi connectivity index (χ2v) is 3.51. The van der Waals surface area contributed by atoms with Gasteiger partial charge in [-0.1, -0.05) is 6.07 Å². The fourth-order valence-electron chi connectivity index (χ4n) is 1.01. The lowest BCUT2D eigenvalue weighted by atomic mass is 10.3. The molecule has 2 rings (SSSR count). The van der Waals surface area contributed by atoms with E-state index in [0.717, 1.165) is 10.6 Å². The van der Waals surface area contributed by atoms with E-state index < -0.39 is 0 Å². The predicted octanol–water partition coefficient (Wildman–Crippen LogP) is 1.68. The summed E-state index contributed by atoms with van der Waals surface area (Å²) in [5.41, 5.74) is 6.57. The first kappa shape index (κ1) is 9.23. The molecule has 0 aliphatic heterocycles. The molecule has 2 N–H and O–H groups in total. The Bertz CT molecular complexity index is 402. The Balaban J connectivity index is 2.24. The first-order chi connectivity index (χ1) is 6.90. The standard InChI is InChI=1S/C9H9N3OS/c10-6-7-2-1-3-11-8(7)14-9-12-4-5-13-9/h1-5H,6,10H2. The quantitative estimate of drug-likeness (QED) is 0.829. The maximum Gasteiger partial charge on any atom is 0.261 e. The zero-order valence-electron chi connectivity index (χ0n) is 7.38. The molecule has 4 nitrogen and oxygen atoms in total. The van der Waals surface area contributed by atoms with Gasteiger partial charge in [-0.25, -0.2) is 9.97 Å². The molecule has 0 amide bonds. The summed E-state index contributed by atoms with van der Waals surface area (Å²) in [5.74, 6) is 0. The van der Waals surface area contributed by atoms with Crippen molar-refractivity contribution in [3.8, 4) is 0 Å². The molecule has 0 bridgehead atoms. The first-order valence-corrected chi connectivity index (χ1v) is 4.93. The van der Waals surface area contributed by atoms with Gasteiger partial charge in [-0.2, -0.15) is 0 Å². The van der Waals surface area contributed by atoms with Crippen molar-refractivity contribution in [2.75, 3.05) is 0 Å². The molecule has 0 saturated heterocycles. The van der Waals surface area contributed by atoms with Gasteiger partial charge in [-0.05, 0) is 23.4 Å². The Morgan fingerprint density at radius 3 is 3.00 bits per heavy atom. The fourth-order valence-corrected chi connectivity index (χ4v) is 1.79. The van der Waals surface area contributed by atoms with E-state index in [4.69, 9.17) is 10.2 Å². The van der Waals surface area contributed by atoms with Crippen LogP contribution in [0.3, 0.4) is 0 Å². The third-order valence-corrected chi connectivity index (χ3v) is 2.60. The highest BCUT2D eigenvalue weighted by Crippen LogP contribution is 2.26. The van der Waals surface area contributed by atoms with E-state index >= 15 is 0 Å². The van der Waals surface area contributed by atoms with Crippen LogP contribution in [-0.2, 0) is 6.54 Å². The van der Waals surface area contributed by atoms with Crippen molar-refractivity contribution in [1.29, 1.82) is 0 Å². The Kier molecular flexibility index (Phi) is 2.81. The molecule has 0 atom stereocenters. The van der Waals surface area contributed by atoms with Crippen molar-refractivity contribution >= 4 is 11.8 Å². The molecule has 0 aliphatic carbocycles. The van der Waals surface area contributed by atoms with E-state index in [-0.39, 0.29) is 0 Å². The van der Waals surface area contributed by atoms with Gasteiger partial charge in [-0.15, -0.1) is 0 Å². The molecule has 2 aromatic rings. The zero-order chi connectivity index (χ0) is 9.80. The second kappa shape index (κ2) is 4.26. The van der Waals surface area contributed by atoms with E-state index in [1.165, 1.54) is 18.0 Å². The Morgan fingerprint density at radius 1 is 1.36 bits per heavy atom. The largest absolute Gasteiger partial charge is 0.440 e. The van der Waals surface area contributed by atoms with Gasteiger partial charge in [0.2, 0.25) is 0 Å². The molecule has 2 aromatic heterocycles. The molecule has 0 aromatic carbocycles. The number of nitrogens with two attached hydrogens (primary N) is 1. The van der Waals surface area contributed by atoms with E-state index in [1.807, 2.05) is 12.1 Å². The number of oxazole rings is 1. The Morgan fingerprint density at radius 2 is 2.29 bits per heavy atom. The van der Waals surface area contributed by atoms with Crippen molar-refractivity contribution in [2.45, 2.75) is 16.8 Å². The van der Waals surface area contributed by atoms with E-state index in [0.29, 0.717) is 11.8 Å². The molecular formula is C9H9N3OS. The van der Waals surface area contributed by atoms with Gasteiger partial charge in [-0.3, -0.25) is 0 Å². The van der Waals surface area contributed by atoms with Gasteiger partial charge in [0.1, 0.15) is 11.3 Å². The maximum atomic E-state index is 5.58. The summed E-state index contributed by atoms with van der Waals surface area (Å²) in [5, 5.41) is 1.43. The molecule has 5 heteroatoms. The van der Waals surface area contributed by atoms with Crippen molar-refractivity contribution in [3.63, 3.8) is 0 Å². The van der Waals surface area contributed by atoms with E-state index in [1.54, 1.807) is 12.4 Å². The van der Waals surface area contributed by atoms with Crippen molar-refractivity contribution < 1.29 is 4.42 Å². The van der Waals surface area contributed by atoms with Crippen molar-refractivity contribution in [2.24, 2.45) is 5.73 Å². The van der Waals surface area contributed by atoms with Crippen LogP contribution in [0.4, 0.5) is 0 Å². The second-order valence-electron chi connectivity index (χ2n) is 2.57. The molecule has 72 valence electrons. The molecule has 0 saturated carbocycles. The van der Waals surface area contributed by atoms with Crippen molar-refractivity contribution in [3.05, 3.63) is 36.4 Å². The first-order valence-electron chi connectivity index (χ1n) is 4.11. The normalized spacial score (nSPS) is 10.4. The molecule has 0 radical (unpaired) electrons. The molecule has 2 heterocycles. The summed E-state index contributed by atoms with van der Waals surface area (Å²) in [6, 6.07) is 3.81. The summed E-state index contributed by atoms with van der Waals surface area (Å²) in [6.07, 6.45) is 4.87. The van der Waals surface area contributed by atoms with Gasteiger partial charge in [0.15, 0.2) is 0 Å². The lowest BCUT2D eigenvalue weighted by molar-refractivity contribution is 0.454. The molecule has 0 spiro atoms. The van der Waals surface area contributed by atoms with Crippen LogP contribution in [0.2, 0.25) is 0 Å². The van der Waals surface area contributed by atoms with E-state index in [9.17, 15) is 0 Å². The number of pyridine rings is 1. The summed E-state index contributed by atoms with van der Waals surface area (Å²) in [6.45, 7) is 0.469. The highest BCUT2D eigenvalue weighted by atomic mass is 32.2. The Hall–Kier alpha value is -1.33. The topological polar surface area (TPSA) is 64.9 Å². The third-order valence-electron chi connectivity index (χ3n) is 1.66. The maximum absolute atomic E-state index is 5.58. The highest BCUT2D eigenvalue weighted by molar-refractivity contribution is 7.99. The highest BCUT2D eigenvalue weighted by Gasteiger charge is 2.06. The van der Waals surface area contributed by atoms with Crippen LogP contribution in [-0.4, -0.2) is 9.97 Å². The fraction of sp³-hybridized carbons (Fsp3) is 0.111.